The Morgan fingerprint density at radius 1 is 0.360 bits per heavy atom. The molecular formula is C93H77F3O15. The zero-order valence-corrected chi connectivity index (χ0v) is 60.3. The molecule has 3 bridgehead atoms. The van der Waals surface area contributed by atoms with Crippen LogP contribution in [-0.2, 0) is 78.3 Å². The van der Waals surface area contributed by atoms with Crippen molar-refractivity contribution in [1.29, 1.82) is 0 Å². The van der Waals surface area contributed by atoms with Gasteiger partial charge in [-0.05, 0) is 75.2 Å². The number of rotatable bonds is 27. The van der Waals surface area contributed by atoms with Crippen molar-refractivity contribution in [2.45, 2.75) is 115 Å². The molecule has 0 spiro atoms. The van der Waals surface area contributed by atoms with E-state index in [9.17, 15) is 4.79 Å². The fourth-order valence-corrected chi connectivity index (χ4v) is 13.9. The van der Waals surface area contributed by atoms with Crippen LogP contribution < -0.4 is 47.4 Å². The molecule has 3 aliphatic heterocycles. The SMILES string of the molecule is O=C1CCCC(=O)O[C@H]2C(c3c(OCc4ccccc4)cc(OCc4ccccc4)cc3O[C@@H]2c2ccc(OCc3ccccc3)c(OCc3ccccc3)c2)c2c(OCc3ccccc3)c3c(c(C(=O)C(F)(F)F)c2OCc2ccccc2)O[C@H](c2ccc(OCc4ccccc4)c(OCc4ccccc4)c2)[C@H](C3)O1. The van der Waals surface area contributed by atoms with E-state index in [-0.39, 0.29) is 122 Å². The summed E-state index contributed by atoms with van der Waals surface area (Å²) in [5.41, 5.74) is 5.39. The lowest BCUT2D eigenvalue weighted by molar-refractivity contribution is -0.158. The number of ketones is 1. The Morgan fingerprint density at radius 3 is 1.15 bits per heavy atom. The van der Waals surface area contributed by atoms with E-state index in [0.29, 0.717) is 28.2 Å². The van der Waals surface area contributed by atoms with Gasteiger partial charge in [-0.25, -0.2) is 0 Å². The van der Waals surface area contributed by atoms with Crippen LogP contribution in [0, 0.1) is 0 Å². The first kappa shape index (κ1) is 73.5. The summed E-state index contributed by atoms with van der Waals surface area (Å²) in [7, 11) is 0. The highest BCUT2D eigenvalue weighted by Gasteiger charge is 2.54. The Hall–Kier alpha value is -13.0. The van der Waals surface area contributed by atoms with Crippen molar-refractivity contribution in [1.82, 2.24) is 0 Å². The number of fused-ring (bicyclic) bond motifs is 6. The fraction of sp³-hybridized carbons (Fsp3) is 0.194. The van der Waals surface area contributed by atoms with Crippen LogP contribution in [0.2, 0.25) is 0 Å². The van der Waals surface area contributed by atoms with Crippen LogP contribution in [-0.4, -0.2) is 36.1 Å². The smallest absolute Gasteiger partial charge is 0.455 e. The predicted octanol–water partition coefficient (Wildman–Crippen LogP) is 20.0. The zero-order valence-electron chi connectivity index (χ0n) is 60.3. The molecule has 3 heterocycles. The van der Waals surface area contributed by atoms with Crippen molar-refractivity contribution in [2.75, 3.05) is 0 Å². The Morgan fingerprint density at radius 2 is 0.730 bits per heavy atom. The molecule has 3 aliphatic rings. The third kappa shape index (κ3) is 17.9. The van der Waals surface area contributed by atoms with E-state index in [2.05, 4.69) is 0 Å². The summed E-state index contributed by atoms with van der Waals surface area (Å²) in [6.07, 6.45) is -12.9. The van der Waals surface area contributed by atoms with Crippen LogP contribution in [0.4, 0.5) is 13.2 Å². The highest BCUT2D eigenvalue weighted by atomic mass is 19.4. The minimum atomic E-state index is -5.65. The van der Waals surface area contributed by atoms with E-state index in [1.165, 1.54) is 0 Å². The molecule has 0 saturated carbocycles. The van der Waals surface area contributed by atoms with Gasteiger partial charge in [-0.15, -0.1) is 0 Å². The van der Waals surface area contributed by atoms with Crippen LogP contribution in [0.1, 0.15) is 120 Å². The largest absolute Gasteiger partial charge is 0.489 e. The van der Waals surface area contributed by atoms with Crippen LogP contribution in [0.5, 0.6) is 57.5 Å². The lowest BCUT2D eigenvalue weighted by Crippen LogP contribution is -2.41. The van der Waals surface area contributed by atoms with Gasteiger partial charge < -0.3 is 56.8 Å². The molecule has 12 aromatic rings. The van der Waals surface area contributed by atoms with E-state index < -0.39 is 84.3 Å². The van der Waals surface area contributed by atoms with Crippen molar-refractivity contribution < 1.29 is 84.4 Å². The summed E-state index contributed by atoms with van der Waals surface area (Å²) in [4.78, 5) is 46.0. The van der Waals surface area contributed by atoms with Gasteiger partial charge in [0.05, 0.1) is 5.92 Å². The lowest BCUT2D eigenvalue weighted by Gasteiger charge is -2.43. The van der Waals surface area contributed by atoms with Crippen molar-refractivity contribution in [2.24, 2.45) is 0 Å². The maximum atomic E-state index is 16.7. The first-order valence-electron chi connectivity index (χ1n) is 36.7. The number of carbonyl (C=O) groups is 3. The molecule has 111 heavy (non-hydrogen) atoms. The van der Waals surface area contributed by atoms with Gasteiger partial charge in [0.15, 0.2) is 41.3 Å². The zero-order chi connectivity index (χ0) is 75.9. The van der Waals surface area contributed by atoms with E-state index in [1.807, 2.05) is 212 Å². The summed E-state index contributed by atoms with van der Waals surface area (Å²) in [6, 6.07) is 88.1. The molecule has 0 aromatic heterocycles. The lowest BCUT2D eigenvalue weighted by atomic mass is 9.76. The summed E-state index contributed by atoms with van der Waals surface area (Å²) in [6.45, 7) is -0.301. The van der Waals surface area contributed by atoms with Gasteiger partial charge in [-0.1, -0.05) is 255 Å². The molecule has 0 radical (unpaired) electrons. The normalized spacial score (nSPS) is 16.5. The minimum Gasteiger partial charge on any atom is -0.489 e. The van der Waals surface area contributed by atoms with Gasteiger partial charge in [0.25, 0.3) is 5.78 Å². The maximum absolute atomic E-state index is 16.7. The van der Waals surface area contributed by atoms with Gasteiger partial charge in [0.2, 0.25) is 0 Å². The topological polar surface area (TPSA) is 162 Å². The van der Waals surface area contributed by atoms with Crippen LogP contribution >= 0.6 is 0 Å². The summed E-state index contributed by atoms with van der Waals surface area (Å²) in [5, 5.41) is 0. The molecule has 15 rings (SSSR count). The monoisotopic (exact) mass is 1490 g/mol. The number of ether oxygens (including phenoxy) is 12. The predicted molar refractivity (Wildman–Crippen MR) is 408 cm³/mol. The van der Waals surface area contributed by atoms with Crippen LogP contribution in [0.15, 0.2) is 291 Å². The van der Waals surface area contributed by atoms with Gasteiger partial charge in [-0.3, -0.25) is 14.4 Å². The number of hydrogen-bond donors (Lipinski definition) is 0. The number of halogens is 3. The van der Waals surface area contributed by atoms with E-state index >= 15 is 22.8 Å². The Bertz CT molecular complexity index is 5160. The van der Waals surface area contributed by atoms with E-state index in [4.69, 9.17) is 56.8 Å². The molecule has 18 heteroatoms. The molecule has 0 amide bonds. The highest BCUT2D eigenvalue weighted by Crippen LogP contribution is 2.61. The Balaban J connectivity index is 1.00. The Kier molecular flexibility index (Phi) is 22.9. The van der Waals surface area contributed by atoms with E-state index in [1.54, 1.807) is 78.9 Å². The number of benzene rings is 12. The molecular weight excluding hydrogens is 1410 g/mol. The number of carbonyl (C=O) groups excluding carboxylic acids is 3. The molecule has 0 N–H and O–H groups in total. The second-order valence-electron chi connectivity index (χ2n) is 27.1. The number of Topliss-reactive ketones (excluding diaryl/α,β-unsaturated/α-hetero) is 1. The number of alkyl halides is 3. The molecule has 5 atom stereocenters. The average molecular weight is 1490 g/mol. The van der Waals surface area contributed by atoms with Crippen molar-refractivity contribution >= 4 is 17.7 Å². The van der Waals surface area contributed by atoms with Crippen molar-refractivity contribution in [3.63, 3.8) is 0 Å². The fourth-order valence-electron chi connectivity index (χ4n) is 13.9. The third-order valence-corrected chi connectivity index (χ3v) is 19.3. The van der Waals surface area contributed by atoms with E-state index in [0.717, 1.165) is 33.4 Å². The van der Waals surface area contributed by atoms with Crippen LogP contribution in [0.3, 0.4) is 0 Å². The first-order chi connectivity index (χ1) is 54.4. The quantitative estimate of drug-likeness (QED) is 0.0353. The molecule has 0 aliphatic carbocycles. The third-order valence-electron chi connectivity index (χ3n) is 19.3. The first-order valence-corrected chi connectivity index (χ1v) is 36.7. The highest BCUT2D eigenvalue weighted by molar-refractivity contribution is 6.06. The molecule has 12 aromatic carbocycles. The maximum Gasteiger partial charge on any atom is 0.455 e. The molecule has 15 nitrogen and oxygen atoms in total. The number of hydrogen-bond acceptors (Lipinski definition) is 15. The van der Waals surface area contributed by atoms with Gasteiger partial charge in [0, 0.05) is 59.2 Å². The standard InChI is InChI=1S/C93H77F3O15/c94-93(95,96)92(99)85-89-72-52-79(86(111-89)69-44-46-73(101-54-62-28-11-2-12-29-62)75(48-69)103-56-64-32-15-4-16-33-64)108-80(97)42-25-43-81(98)110-91-83(84(88(72)106-59-67-38-21-7-22-39-67)90(85)107-60-68-40-23-8-24-41-68)82-77(105-58-66-36-19-6-20-37-66)50-71(100-53-61-26-9-1-10-27-61)51-78(82)109-87(91)70-45-47-74(102-55-63-30-13-3-14-31-63)76(49-70)104-57-65-34-17-5-18-35-65/h1-24,26-41,44-51,79,83,86-87,91H,25,42-43,52-60H2/t79-,83?,86+,87+,91-/m0/s1. The van der Waals surface area contributed by atoms with Crippen molar-refractivity contribution in [3.8, 4) is 57.5 Å². The summed E-state index contributed by atoms with van der Waals surface area (Å²) < 4.78 is 133. The number of esters is 2. The summed E-state index contributed by atoms with van der Waals surface area (Å²) in [5.74, 6) is -5.46. The second kappa shape index (κ2) is 34.5. The molecule has 0 saturated heterocycles. The van der Waals surface area contributed by atoms with Gasteiger partial charge in [0.1, 0.15) is 99.0 Å². The molecule has 1 unspecified atom stereocenters. The summed E-state index contributed by atoms with van der Waals surface area (Å²) >= 11 is 0. The molecule has 560 valence electrons. The van der Waals surface area contributed by atoms with Crippen LogP contribution in [0.25, 0.3) is 0 Å². The minimum absolute atomic E-state index is 0.0638. The Labute approximate surface area is 640 Å². The second-order valence-corrected chi connectivity index (χ2v) is 27.1. The van der Waals surface area contributed by atoms with Gasteiger partial charge >= 0.3 is 18.1 Å². The average Bonchev–Trinajstić information content (AvgIpc) is 0.708. The van der Waals surface area contributed by atoms with Gasteiger partial charge in [-0.2, -0.15) is 13.2 Å². The molecule has 0 fully saturated rings. The van der Waals surface area contributed by atoms with Crippen molar-refractivity contribution in [3.05, 3.63) is 369 Å².